The minimum Gasteiger partial charge on any atom is -0.371 e. The fraction of sp³-hybridized carbons (Fsp3) is 0.500. The Balaban J connectivity index is 1.69. The van der Waals surface area contributed by atoms with Gasteiger partial charge in [0.05, 0.1) is 24.4 Å². The van der Waals surface area contributed by atoms with E-state index in [0.717, 1.165) is 5.69 Å². The quantitative estimate of drug-likeness (QED) is 0.890. The Labute approximate surface area is 124 Å². The van der Waals surface area contributed by atoms with Crippen molar-refractivity contribution in [2.75, 3.05) is 24.7 Å². The number of para-hydroxylation sites is 1. The summed E-state index contributed by atoms with van der Waals surface area (Å²) in [6.45, 7) is 0.590. The number of nitrogens with zero attached hydrogens (tertiary/aromatic N) is 1. The summed E-state index contributed by atoms with van der Waals surface area (Å²) in [5.41, 5.74) is 0.740. The highest BCUT2D eigenvalue weighted by atomic mass is 32.2. The normalized spacial score (nSPS) is 29.3. The summed E-state index contributed by atoms with van der Waals surface area (Å²) in [7, 11) is -3.24. The molecule has 2 heterocycles. The number of hydrogen-bond donors (Lipinski definition) is 1. The summed E-state index contributed by atoms with van der Waals surface area (Å²) in [5.74, 6) is -0.411. The molecule has 1 amide bonds. The molecule has 0 aromatic heterocycles. The maximum atomic E-state index is 12.4. The van der Waals surface area contributed by atoms with Crippen LogP contribution >= 0.6 is 0 Å². The van der Waals surface area contributed by atoms with E-state index in [9.17, 15) is 13.2 Å². The van der Waals surface area contributed by atoms with E-state index in [-0.39, 0.29) is 30.6 Å². The largest absolute Gasteiger partial charge is 0.371 e. The lowest BCUT2D eigenvalue weighted by Gasteiger charge is -2.30. The zero-order valence-electron chi connectivity index (χ0n) is 11.7. The molecule has 2 bridgehead atoms. The van der Waals surface area contributed by atoms with E-state index < -0.39 is 10.0 Å². The Kier molecular flexibility index (Phi) is 3.73. The Morgan fingerprint density at radius 2 is 2.00 bits per heavy atom. The van der Waals surface area contributed by atoms with Crippen LogP contribution in [0.1, 0.15) is 6.42 Å². The van der Waals surface area contributed by atoms with Crippen LogP contribution in [-0.2, 0) is 19.6 Å². The molecule has 114 valence electrons. The number of benzene rings is 1. The number of fused-ring (bicyclic) bond motifs is 2. The molecular weight excluding hydrogens is 292 g/mol. The second-order valence-corrected chi connectivity index (χ2v) is 7.56. The highest BCUT2D eigenvalue weighted by Gasteiger charge is 2.46. The van der Waals surface area contributed by atoms with E-state index >= 15 is 0 Å². The van der Waals surface area contributed by atoms with E-state index in [1.807, 2.05) is 30.3 Å². The molecule has 7 heteroatoms. The molecule has 0 radical (unpaired) electrons. The van der Waals surface area contributed by atoms with Gasteiger partial charge >= 0.3 is 0 Å². The molecule has 3 rings (SSSR count). The predicted octanol–water partition coefficient (Wildman–Crippen LogP) is 0.674. The van der Waals surface area contributed by atoms with Crippen LogP contribution in [0.2, 0.25) is 0 Å². The third kappa shape index (κ3) is 3.09. The van der Waals surface area contributed by atoms with Gasteiger partial charge in [-0.25, -0.2) is 8.42 Å². The number of ether oxygens (including phenoxy) is 1. The molecular formula is C14H18N2O4S. The molecule has 6 nitrogen and oxygen atoms in total. The standard InChI is InChI=1S/C14H18N2O4S/c1-21(18,19)16-8-11-7-12(13(9-16)20-11)14(17)15-10-5-3-2-4-6-10/h2-6,11-13H,7-9H2,1H3,(H,15,17)/t11-,12+,13-/m0/s1. The molecule has 0 aliphatic carbocycles. The number of morpholine rings is 1. The summed E-state index contributed by atoms with van der Waals surface area (Å²) >= 11 is 0. The average molecular weight is 310 g/mol. The van der Waals surface area contributed by atoms with Crippen LogP contribution in [0.4, 0.5) is 5.69 Å². The third-order valence-corrected chi connectivity index (χ3v) is 5.21. The predicted molar refractivity (Wildman–Crippen MR) is 78.3 cm³/mol. The molecule has 3 atom stereocenters. The fourth-order valence-corrected chi connectivity index (χ4v) is 3.78. The Hall–Kier alpha value is -1.44. The fourth-order valence-electron chi connectivity index (χ4n) is 2.93. The SMILES string of the molecule is CS(=O)(=O)N1C[C@@H]2C[C@@H](C(=O)Nc3ccccc3)[C@H](C1)O2. The molecule has 0 spiro atoms. The first-order chi connectivity index (χ1) is 9.93. The van der Waals surface area contributed by atoms with E-state index in [2.05, 4.69) is 5.32 Å². The smallest absolute Gasteiger partial charge is 0.230 e. The minimum absolute atomic E-state index is 0.107. The molecule has 21 heavy (non-hydrogen) atoms. The van der Waals surface area contributed by atoms with E-state index in [1.165, 1.54) is 10.6 Å². The molecule has 2 aliphatic rings. The number of rotatable bonds is 3. The van der Waals surface area contributed by atoms with E-state index in [1.54, 1.807) is 0 Å². The molecule has 1 aromatic carbocycles. The highest BCUT2D eigenvalue weighted by molar-refractivity contribution is 7.88. The molecule has 2 saturated heterocycles. The van der Waals surface area contributed by atoms with E-state index in [4.69, 9.17) is 4.74 Å². The number of nitrogens with one attached hydrogen (secondary N) is 1. The van der Waals surface area contributed by atoms with Gasteiger partial charge in [-0.3, -0.25) is 4.79 Å². The van der Waals surface area contributed by atoms with Crippen molar-refractivity contribution in [3.8, 4) is 0 Å². The van der Waals surface area contributed by atoms with Crippen molar-refractivity contribution >= 4 is 21.6 Å². The zero-order chi connectivity index (χ0) is 15.0. The second kappa shape index (κ2) is 5.40. The van der Waals surface area contributed by atoms with Crippen molar-refractivity contribution < 1.29 is 17.9 Å². The van der Waals surface area contributed by atoms with Gasteiger partial charge in [0.25, 0.3) is 0 Å². The number of carbonyl (C=O) groups is 1. The van der Waals surface area contributed by atoms with Crippen molar-refractivity contribution in [3.63, 3.8) is 0 Å². The molecule has 1 aromatic rings. The number of hydrogen-bond acceptors (Lipinski definition) is 4. The maximum absolute atomic E-state index is 12.4. The third-order valence-electron chi connectivity index (χ3n) is 3.97. The van der Waals surface area contributed by atoms with Crippen LogP contribution in [0.3, 0.4) is 0 Å². The Bertz CT molecular complexity index is 632. The van der Waals surface area contributed by atoms with Crippen LogP contribution in [0.25, 0.3) is 0 Å². The minimum atomic E-state index is -3.24. The number of amides is 1. The van der Waals surface area contributed by atoms with Gasteiger partial charge in [-0.2, -0.15) is 4.31 Å². The first kappa shape index (κ1) is 14.5. The number of anilines is 1. The van der Waals surface area contributed by atoms with Crippen molar-refractivity contribution in [2.45, 2.75) is 18.6 Å². The van der Waals surface area contributed by atoms with Gasteiger partial charge in [0.2, 0.25) is 15.9 Å². The molecule has 2 fully saturated rings. The van der Waals surface area contributed by atoms with Crippen LogP contribution in [0, 0.1) is 5.92 Å². The molecule has 0 unspecified atom stereocenters. The van der Waals surface area contributed by atoms with Crippen LogP contribution in [-0.4, -0.2) is 50.2 Å². The molecule has 2 aliphatic heterocycles. The summed E-state index contributed by atoms with van der Waals surface area (Å²) in [4.78, 5) is 12.4. The summed E-state index contributed by atoms with van der Waals surface area (Å²) in [6, 6.07) is 9.23. The number of sulfonamides is 1. The highest BCUT2D eigenvalue weighted by Crippen LogP contribution is 2.33. The molecule has 1 N–H and O–H groups in total. The van der Waals surface area contributed by atoms with E-state index in [0.29, 0.717) is 13.0 Å². The van der Waals surface area contributed by atoms with Crippen molar-refractivity contribution in [1.29, 1.82) is 0 Å². The average Bonchev–Trinajstić information content (AvgIpc) is 2.73. The van der Waals surface area contributed by atoms with Crippen LogP contribution in [0.15, 0.2) is 30.3 Å². The second-order valence-electron chi connectivity index (χ2n) is 5.57. The van der Waals surface area contributed by atoms with Crippen molar-refractivity contribution in [2.24, 2.45) is 5.92 Å². The lowest BCUT2D eigenvalue weighted by atomic mass is 9.99. The summed E-state index contributed by atoms with van der Waals surface area (Å²) < 4.78 is 30.4. The summed E-state index contributed by atoms with van der Waals surface area (Å²) in [5, 5.41) is 2.86. The van der Waals surface area contributed by atoms with Crippen LogP contribution in [0.5, 0.6) is 0 Å². The number of carbonyl (C=O) groups excluding carboxylic acids is 1. The van der Waals surface area contributed by atoms with Gasteiger partial charge in [-0.1, -0.05) is 18.2 Å². The van der Waals surface area contributed by atoms with Gasteiger partial charge in [0.1, 0.15) is 0 Å². The zero-order valence-corrected chi connectivity index (χ0v) is 12.5. The van der Waals surface area contributed by atoms with Crippen LogP contribution < -0.4 is 5.32 Å². The lowest BCUT2D eigenvalue weighted by Crippen LogP contribution is -2.46. The van der Waals surface area contributed by atoms with Crippen molar-refractivity contribution in [3.05, 3.63) is 30.3 Å². The Morgan fingerprint density at radius 3 is 2.67 bits per heavy atom. The Morgan fingerprint density at radius 1 is 1.29 bits per heavy atom. The van der Waals surface area contributed by atoms with Gasteiger partial charge in [-0.15, -0.1) is 0 Å². The van der Waals surface area contributed by atoms with Gasteiger partial charge in [0.15, 0.2) is 0 Å². The van der Waals surface area contributed by atoms with Gasteiger partial charge < -0.3 is 10.1 Å². The van der Waals surface area contributed by atoms with Gasteiger partial charge in [0, 0.05) is 18.8 Å². The maximum Gasteiger partial charge on any atom is 0.230 e. The molecule has 0 saturated carbocycles. The summed E-state index contributed by atoms with van der Waals surface area (Å²) in [6.07, 6.45) is 1.21. The first-order valence-corrected chi connectivity index (χ1v) is 8.75. The first-order valence-electron chi connectivity index (χ1n) is 6.90. The van der Waals surface area contributed by atoms with Crippen molar-refractivity contribution in [1.82, 2.24) is 4.31 Å². The topological polar surface area (TPSA) is 75.7 Å². The lowest BCUT2D eigenvalue weighted by molar-refractivity contribution is -0.122. The van der Waals surface area contributed by atoms with Gasteiger partial charge in [-0.05, 0) is 18.6 Å². The monoisotopic (exact) mass is 310 g/mol.